The second-order valence-corrected chi connectivity index (χ2v) is 6.34. The molecule has 28 heavy (non-hydrogen) atoms. The number of benzene rings is 3. The van der Waals surface area contributed by atoms with Crippen molar-refractivity contribution in [2.45, 2.75) is 18.9 Å². The number of carbonyl (C=O) groups is 1. The summed E-state index contributed by atoms with van der Waals surface area (Å²) in [5.41, 5.74) is 2.97. The van der Waals surface area contributed by atoms with Gasteiger partial charge in [0.05, 0.1) is 5.71 Å². The molecule has 0 saturated carbocycles. The molecule has 3 rings (SSSR count). The number of amides is 1. The van der Waals surface area contributed by atoms with Gasteiger partial charge in [0.1, 0.15) is 5.75 Å². The Hall–Kier alpha value is -3.44. The highest BCUT2D eigenvalue weighted by atomic mass is 16.3. The molecule has 5 heteroatoms. The number of nitrogens with one attached hydrogen (secondary N) is 1. The van der Waals surface area contributed by atoms with E-state index in [1.165, 1.54) is 0 Å². The fourth-order valence-electron chi connectivity index (χ4n) is 2.99. The van der Waals surface area contributed by atoms with Crippen molar-refractivity contribution in [1.29, 1.82) is 0 Å². The molecule has 0 bridgehead atoms. The second kappa shape index (κ2) is 8.50. The summed E-state index contributed by atoms with van der Waals surface area (Å²) in [5.74, 6) is -0.486. The van der Waals surface area contributed by atoms with Gasteiger partial charge in [0.2, 0.25) is 0 Å². The average Bonchev–Trinajstić information content (AvgIpc) is 2.75. The summed E-state index contributed by atoms with van der Waals surface area (Å²) in [6.07, 6.45) is 0.570. The first-order chi connectivity index (χ1) is 13.6. The summed E-state index contributed by atoms with van der Waals surface area (Å²) in [5, 5.41) is 25.1. The third-order valence-electron chi connectivity index (χ3n) is 4.54. The van der Waals surface area contributed by atoms with Crippen LogP contribution in [0.5, 0.6) is 5.75 Å². The maximum absolute atomic E-state index is 13.1. The second-order valence-electron chi connectivity index (χ2n) is 6.34. The van der Waals surface area contributed by atoms with Crippen LogP contribution in [-0.4, -0.2) is 21.8 Å². The van der Waals surface area contributed by atoms with Gasteiger partial charge in [0.25, 0.3) is 5.91 Å². The first-order valence-electron chi connectivity index (χ1n) is 9.05. The number of rotatable bonds is 6. The molecule has 1 amide bonds. The highest BCUT2D eigenvalue weighted by molar-refractivity contribution is 6.01. The number of hydrogen-bond donors (Lipinski definition) is 3. The molecule has 0 aliphatic carbocycles. The number of hydrogen-bond acceptors (Lipinski definition) is 4. The van der Waals surface area contributed by atoms with Crippen LogP contribution < -0.4 is 5.43 Å². The van der Waals surface area contributed by atoms with Gasteiger partial charge in [-0.05, 0) is 47.4 Å². The summed E-state index contributed by atoms with van der Waals surface area (Å²) in [4.78, 5) is 13.1. The fraction of sp³-hybridized carbons (Fsp3) is 0.130. The molecule has 0 atom stereocenters. The zero-order valence-electron chi connectivity index (χ0n) is 15.5. The van der Waals surface area contributed by atoms with E-state index in [9.17, 15) is 15.0 Å². The summed E-state index contributed by atoms with van der Waals surface area (Å²) in [6, 6.07) is 24.1. The number of phenolic OH excluding ortho intramolecular Hbond substituents is 1. The van der Waals surface area contributed by atoms with Gasteiger partial charge in [0, 0.05) is 0 Å². The Labute approximate surface area is 164 Å². The van der Waals surface area contributed by atoms with Gasteiger partial charge in [-0.25, -0.2) is 5.43 Å². The molecule has 3 aromatic rings. The number of nitrogens with zero attached hydrogens (tertiary/aromatic N) is 1. The van der Waals surface area contributed by atoms with Gasteiger partial charge in [-0.3, -0.25) is 4.79 Å². The number of phenols is 1. The Morgan fingerprint density at radius 3 is 1.86 bits per heavy atom. The Bertz CT molecular complexity index is 913. The predicted molar refractivity (Wildman–Crippen MR) is 109 cm³/mol. The summed E-state index contributed by atoms with van der Waals surface area (Å²) in [7, 11) is 0. The van der Waals surface area contributed by atoms with Crippen LogP contribution in [0.2, 0.25) is 0 Å². The van der Waals surface area contributed by atoms with Gasteiger partial charge < -0.3 is 10.2 Å². The number of carbonyl (C=O) groups excluding carboxylic acids is 1. The highest BCUT2D eigenvalue weighted by Crippen LogP contribution is 2.29. The van der Waals surface area contributed by atoms with Crippen LogP contribution in [0.25, 0.3) is 0 Å². The highest BCUT2D eigenvalue weighted by Gasteiger charge is 2.39. The van der Waals surface area contributed by atoms with Crippen molar-refractivity contribution in [2.75, 3.05) is 0 Å². The van der Waals surface area contributed by atoms with E-state index >= 15 is 0 Å². The zero-order valence-corrected chi connectivity index (χ0v) is 15.5. The fourth-order valence-corrected chi connectivity index (χ4v) is 2.99. The SMILES string of the molecule is CCC(=NNC(=O)C(O)(c1ccccc1)c1ccccc1)c1ccc(O)cc1. The molecule has 0 aromatic heterocycles. The standard InChI is InChI=1S/C23H22N2O3/c1-2-21(17-13-15-20(26)16-14-17)24-25-22(27)23(28,18-9-5-3-6-10-18)19-11-7-4-8-12-19/h3-16,26,28H,2H2,1H3,(H,25,27). The molecular formula is C23H22N2O3. The molecule has 0 heterocycles. The van der Waals surface area contributed by atoms with E-state index in [0.717, 1.165) is 5.56 Å². The van der Waals surface area contributed by atoms with Crippen molar-refractivity contribution in [3.05, 3.63) is 102 Å². The quantitative estimate of drug-likeness (QED) is 0.456. The molecule has 3 N–H and O–H groups in total. The zero-order chi connectivity index (χ0) is 20.0. The Morgan fingerprint density at radius 1 is 0.893 bits per heavy atom. The van der Waals surface area contributed by atoms with Crippen LogP contribution in [-0.2, 0) is 10.4 Å². The molecule has 0 unspecified atom stereocenters. The molecule has 3 aromatic carbocycles. The lowest BCUT2D eigenvalue weighted by atomic mass is 9.85. The molecule has 0 aliphatic heterocycles. The van der Waals surface area contributed by atoms with Crippen molar-refractivity contribution in [2.24, 2.45) is 5.10 Å². The van der Waals surface area contributed by atoms with Crippen molar-refractivity contribution in [1.82, 2.24) is 5.43 Å². The first-order valence-corrected chi connectivity index (χ1v) is 9.05. The average molecular weight is 374 g/mol. The van der Waals surface area contributed by atoms with E-state index in [1.54, 1.807) is 72.8 Å². The number of aromatic hydroxyl groups is 1. The molecule has 0 fully saturated rings. The topological polar surface area (TPSA) is 81.9 Å². The van der Waals surface area contributed by atoms with E-state index in [2.05, 4.69) is 10.5 Å². The smallest absolute Gasteiger partial charge is 0.281 e. The lowest BCUT2D eigenvalue weighted by molar-refractivity contribution is -0.136. The molecule has 0 spiro atoms. The minimum Gasteiger partial charge on any atom is -0.508 e. The monoisotopic (exact) mass is 374 g/mol. The molecule has 0 radical (unpaired) electrons. The summed E-state index contributed by atoms with van der Waals surface area (Å²) in [6.45, 7) is 1.92. The third-order valence-corrected chi connectivity index (χ3v) is 4.54. The van der Waals surface area contributed by atoms with Gasteiger partial charge >= 0.3 is 0 Å². The maximum Gasteiger partial charge on any atom is 0.281 e. The third kappa shape index (κ3) is 3.94. The molecule has 0 saturated heterocycles. The van der Waals surface area contributed by atoms with Crippen LogP contribution >= 0.6 is 0 Å². The Morgan fingerprint density at radius 2 is 1.39 bits per heavy atom. The van der Waals surface area contributed by atoms with Crippen LogP contribution in [0.1, 0.15) is 30.0 Å². The van der Waals surface area contributed by atoms with Crippen LogP contribution in [0.3, 0.4) is 0 Å². The van der Waals surface area contributed by atoms with E-state index in [1.807, 2.05) is 19.1 Å². The van der Waals surface area contributed by atoms with Crippen LogP contribution in [0, 0.1) is 0 Å². The normalized spacial score (nSPS) is 11.9. The van der Waals surface area contributed by atoms with E-state index in [4.69, 9.17) is 0 Å². The lowest BCUT2D eigenvalue weighted by Gasteiger charge is -2.27. The number of aliphatic hydroxyl groups is 1. The van der Waals surface area contributed by atoms with Gasteiger partial charge in [-0.15, -0.1) is 0 Å². The van der Waals surface area contributed by atoms with Gasteiger partial charge in [-0.2, -0.15) is 5.10 Å². The summed E-state index contributed by atoms with van der Waals surface area (Å²) < 4.78 is 0. The summed E-state index contributed by atoms with van der Waals surface area (Å²) >= 11 is 0. The number of hydrazone groups is 1. The molecular weight excluding hydrogens is 352 g/mol. The minimum atomic E-state index is -1.88. The molecule has 5 nitrogen and oxygen atoms in total. The van der Waals surface area contributed by atoms with Crippen LogP contribution in [0.15, 0.2) is 90.0 Å². The first kappa shape index (κ1) is 19.3. The van der Waals surface area contributed by atoms with Crippen molar-refractivity contribution < 1.29 is 15.0 Å². The van der Waals surface area contributed by atoms with E-state index in [0.29, 0.717) is 23.3 Å². The lowest BCUT2D eigenvalue weighted by Crippen LogP contribution is -2.44. The van der Waals surface area contributed by atoms with Gasteiger partial charge in [-0.1, -0.05) is 67.6 Å². The molecule has 0 aliphatic rings. The van der Waals surface area contributed by atoms with E-state index < -0.39 is 11.5 Å². The largest absolute Gasteiger partial charge is 0.508 e. The van der Waals surface area contributed by atoms with Crippen molar-refractivity contribution >= 4 is 11.6 Å². The van der Waals surface area contributed by atoms with Crippen molar-refractivity contribution in [3.63, 3.8) is 0 Å². The Balaban J connectivity index is 1.95. The van der Waals surface area contributed by atoms with Crippen LogP contribution in [0.4, 0.5) is 0 Å². The minimum absolute atomic E-state index is 0.158. The van der Waals surface area contributed by atoms with Gasteiger partial charge in [0.15, 0.2) is 5.60 Å². The predicted octanol–water partition coefficient (Wildman–Crippen LogP) is 3.56. The van der Waals surface area contributed by atoms with E-state index in [-0.39, 0.29) is 5.75 Å². The molecule has 142 valence electrons. The van der Waals surface area contributed by atoms with Crippen molar-refractivity contribution in [3.8, 4) is 5.75 Å². The maximum atomic E-state index is 13.1. The Kier molecular flexibility index (Phi) is 5.87.